The van der Waals surface area contributed by atoms with Crippen molar-refractivity contribution in [2.75, 3.05) is 0 Å². The van der Waals surface area contributed by atoms with E-state index in [2.05, 4.69) is 5.32 Å². The molecule has 0 aliphatic heterocycles. The molecule has 1 amide bonds. The first-order valence-corrected chi connectivity index (χ1v) is 7.11. The predicted octanol–water partition coefficient (Wildman–Crippen LogP) is 4.37. The molecular formula is C18H16FNO2. The smallest absolute Gasteiger partial charge is 0.287 e. The largest absolute Gasteiger partial charge is 0.448 e. The minimum atomic E-state index is -0.462. The van der Waals surface area contributed by atoms with Gasteiger partial charge in [-0.05, 0) is 25.5 Å². The second kappa shape index (κ2) is 5.64. The van der Waals surface area contributed by atoms with Gasteiger partial charge in [-0.25, -0.2) is 4.39 Å². The van der Waals surface area contributed by atoms with Crippen LogP contribution in [0.1, 0.15) is 34.6 Å². The van der Waals surface area contributed by atoms with E-state index < -0.39 is 5.82 Å². The predicted molar refractivity (Wildman–Crippen MR) is 83.2 cm³/mol. The molecule has 1 atom stereocenters. The summed E-state index contributed by atoms with van der Waals surface area (Å²) in [6, 6.07) is 14.1. The minimum absolute atomic E-state index is 0.123. The van der Waals surface area contributed by atoms with E-state index in [1.807, 2.05) is 37.3 Å². The second-order valence-corrected chi connectivity index (χ2v) is 5.28. The normalized spacial score (nSPS) is 12.3. The Morgan fingerprint density at radius 1 is 1.14 bits per heavy atom. The molecule has 0 radical (unpaired) electrons. The van der Waals surface area contributed by atoms with Gasteiger partial charge in [-0.1, -0.05) is 42.5 Å². The fourth-order valence-electron chi connectivity index (χ4n) is 2.51. The first kappa shape index (κ1) is 14.3. The number of fused-ring (bicyclic) bond motifs is 1. The molecule has 1 N–H and O–H groups in total. The average Bonchev–Trinajstić information content (AvgIpc) is 2.87. The van der Waals surface area contributed by atoms with Gasteiger partial charge in [-0.15, -0.1) is 0 Å². The molecule has 0 spiro atoms. The van der Waals surface area contributed by atoms with Crippen molar-refractivity contribution < 1.29 is 13.6 Å². The van der Waals surface area contributed by atoms with E-state index in [1.54, 1.807) is 19.1 Å². The number of nitrogens with one attached hydrogen (secondary N) is 1. The van der Waals surface area contributed by atoms with Crippen LogP contribution in [-0.2, 0) is 0 Å². The molecule has 0 saturated carbocycles. The van der Waals surface area contributed by atoms with Crippen LogP contribution >= 0.6 is 0 Å². The zero-order chi connectivity index (χ0) is 15.7. The van der Waals surface area contributed by atoms with Crippen molar-refractivity contribution in [3.63, 3.8) is 0 Å². The van der Waals surface area contributed by atoms with Crippen LogP contribution in [0.4, 0.5) is 4.39 Å². The summed E-state index contributed by atoms with van der Waals surface area (Å²) < 4.78 is 19.2. The molecule has 0 fully saturated rings. The molecule has 3 rings (SSSR count). The maximum atomic E-state index is 13.7. The van der Waals surface area contributed by atoms with Gasteiger partial charge in [0.05, 0.1) is 6.04 Å². The molecular weight excluding hydrogens is 281 g/mol. The third kappa shape index (κ3) is 2.48. The molecule has 0 bridgehead atoms. The lowest BCUT2D eigenvalue weighted by atomic mass is 10.1. The SMILES string of the molecule is Cc1c(C(=O)NC(C)c2ccccc2)oc2c(F)cccc12. The topological polar surface area (TPSA) is 42.2 Å². The first-order valence-electron chi connectivity index (χ1n) is 7.11. The van der Waals surface area contributed by atoms with Crippen molar-refractivity contribution in [3.05, 3.63) is 71.2 Å². The summed E-state index contributed by atoms with van der Waals surface area (Å²) in [5.41, 5.74) is 1.76. The average molecular weight is 297 g/mol. The molecule has 0 saturated heterocycles. The Balaban J connectivity index is 1.90. The summed E-state index contributed by atoms with van der Waals surface area (Å²) in [7, 11) is 0. The van der Waals surface area contributed by atoms with E-state index >= 15 is 0 Å². The van der Waals surface area contributed by atoms with Gasteiger partial charge < -0.3 is 9.73 Å². The van der Waals surface area contributed by atoms with Crippen molar-refractivity contribution in [2.45, 2.75) is 19.9 Å². The Morgan fingerprint density at radius 3 is 2.55 bits per heavy atom. The number of para-hydroxylation sites is 1. The van der Waals surface area contributed by atoms with E-state index in [4.69, 9.17) is 4.42 Å². The highest BCUT2D eigenvalue weighted by molar-refractivity contribution is 5.99. The standard InChI is InChI=1S/C18H16FNO2/c1-11-14-9-6-10-15(19)17(14)22-16(11)18(21)20-12(2)13-7-4-3-5-8-13/h3-10,12H,1-2H3,(H,20,21). The summed E-state index contributed by atoms with van der Waals surface area (Å²) >= 11 is 0. The Bertz CT molecular complexity index is 824. The van der Waals surface area contributed by atoms with Gasteiger partial charge in [-0.2, -0.15) is 0 Å². The number of furan rings is 1. The van der Waals surface area contributed by atoms with Crippen LogP contribution in [0, 0.1) is 12.7 Å². The summed E-state index contributed by atoms with van der Waals surface area (Å²) in [6.07, 6.45) is 0. The quantitative estimate of drug-likeness (QED) is 0.780. The fraction of sp³-hybridized carbons (Fsp3) is 0.167. The Kier molecular flexibility index (Phi) is 3.67. The summed E-state index contributed by atoms with van der Waals surface area (Å²) in [5, 5.41) is 3.50. The summed E-state index contributed by atoms with van der Waals surface area (Å²) in [5.74, 6) is -0.650. The lowest BCUT2D eigenvalue weighted by Crippen LogP contribution is -2.26. The van der Waals surface area contributed by atoms with Crippen LogP contribution in [0.5, 0.6) is 0 Å². The van der Waals surface area contributed by atoms with Crippen LogP contribution in [-0.4, -0.2) is 5.91 Å². The number of hydrogen-bond donors (Lipinski definition) is 1. The van der Waals surface area contributed by atoms with Crippen molar-refractivity contribution in [2.24, 2.45) is 0 Å². The highest BCUT2D eigenvalue weighted by Gasteiger charge is 2.21. The van der Waals surface area contributed by atoms with Crippen molar-refractivity contribution in [3.8, 4) is 0 Å². The number of amides is 1. The third-order valence-corrected chi connectivity index (χ3v) is 3.77. The number of hydrogen-bond acceptors (Lipinski definition) is 2. The summed E-state index contributed by atoms with van der Waals surface area (Å²) in [6.45, 7) is 3.65. The highest BCUT2D eigenvalue weighted by Crippen LogP contribution is 2.27. The fourth-order valence-corrected chi connectivity index (χ4v) is 2.51. The van der Waals surface area contributed by atoms with Gasteiger partial charge in [0.1, 0.15) is 0 Å². The molecule has 1 unspecified atom stereocenters. The lowest BCUT2D eigenvalue weighted by molar-refractivity contribution is 0.0913. The van der Waals surface area contributed by atoms with Crippen LogP contribution in [0.15, 0.2) is 52.9 Å². The van der Waals surface area contributed by atoms with Crippen LogP contribution in [0.2, 0.25) is 0 Å². The highest BCUT2D eigenvalue weighted by atomic mass is 19.1. The number of carbonyl (C=O) groups is 1. The van der Waals surface area contributed by atoms with E-state index in [0.29, 0.717) is 10.9 Å². The van der Waals surface area contributed by atoms with E-state index in [1.165, 1.54) is 6.07 Å². The molecule has 0 aliphatic carbocycles. The van der Waals surface area contributed by atoms with E-state index in [0.717, 1.165) is 5.56 Å². The number of rotatable bonds is 3. The van der Waals surface area contributed by atoms with Gasteiger partial charge in [-0.3, -0.25) is 4.79 Å². The van der Waals surface area contributed by atoms with Gasteiger partial charge in [0, 0.05) is 10.9 Å². The lowest BCUT2D eigenvalue weighted by Gasteiger charge is -2.13. The van der Waals surface area contributed by atoms with Gasteiger partial charge in [0.2, 0.25) is 0 Å². The minimum Gasteiger partial charge on any atom is -0.448 e. The molecule has 1 heterocycles. The molecule has 3 aromatic rings. The number of aryl methyl sites for hydroxylation is 1. The van der Waals surface area contributed by atoms with Gasteiger partial charge in [0.25, 0.3) is 5.91 Å². The maximum absolute atomic E-state index is 13.7. The van der Waals surface area contributed by atoms with Crippen molar-refractivity contribution in [1.82, 2.24) is 5.32 Å². The second-order valence-electron chi connectivity index (χ2n) is 5.28. The Morgan fingerprint density at radius 2 is 1.86 bits per heavy atom. The monoisotopic (exact) mass is 297 g/mol. The van der Waals surface area contributed by atoms with E-state index in [9.17, 15) is 9.18 Å². The Labute approximate surface area is 127 Å². The van der Waals surface area contributed by atoms with Gasteiger partial charge in [0.15, 0.2) is 17.2 Å². The third-order valence-electron chi connectivity index (χ3n) is 3.77. The molecule has 4 heteroatoms. The number of benzene rings is 2. The van der Waals surface area contributed by atoms with Crippen LogP contribution in [0.3, 0.4) is 0 Å². The molecule has 112 valence electrons. The van der Waals surface area contributed by atoms with Gasteiger partial charge >= 0.3 is 0 Å². The van der Waals surface area contributed by atoms with Crippen molar-refractivity contribution >= 4 is 16.9 Å². The van der Waals surface area contributed by atoms with E-state index in [-0.39, 0.29) is 23.3 Å². The van der Waals surface area contributed by atoms with Crippen LogP contribution < -0.4 is 5.32 Å². The molecule has 3 nitrogen and oxygen atoms in total. The maximum Gasteiger partial charge on any atom is 0.287 e. The van der Waals surface area contributed by atoms with Crippen LogP contribution in [0.25, 0.3) is 11.0 Å². The van der Waals surface area contributed by atoms with Crippen molar-refractivity contribution in [1.29, 1.82) is 0 Å². The zero-order valence-corrected chi connectivity index (χ0v) is 12.4. The molecule has 0 aliphatic rings. The molecule has 1 aromatic heterocycles. The summed E-state index contributed by atoms with van der Waals surface area (Å²) in [4.78, 5) is 12.4. The Hall–Kier alpha value is -2.62. The molecule has 2 aromatic carbocycles. The number of halogens is 1. The zero-order valence-electron chi connectivity index (χ0n) is 12.4. The molecule has 22 heavy (non-hydrogen) atoms. The first-order chi connectivity index (χ1) is 10.6. The number of carbonyl (C=O) groups excluding carboxylic acids is 1.